The third kappa shape index (κ3) is 4.83. The van der Waals surface area contributed by atoms with Crippen LogP contribution in [0.15, 0.2) is 42.6 Å². The Labute approximate surface area is 158 Å². The first-order chi connectivity index (χ1) is 13.1. The Bertz CT molecular complexity index is 1150. The Balaban J connectivity index is 1.96. The van der Waals surface area contributed by atoms with Crippen LogP contribution < -0.4 is 5.32 Å². The van der Waals surface area contributed by atoms with Crippen LogP contribution in [0.3, 0.4) is 0 Å². The van der Waals surface area contributed by atoms with Crippen molar-refractivity contribution in [3.8, 4) is 11.3 Å². The van der Waals surface area contributed by atoms with Gasteiger partial charge in [-0.25, -0.2) is 31.7 Å². The van der Waals surface area contributed by atoms with Crippen molar-refractivity contribution in [2.45, 2.75) is 5.75 Å². The molecule has 5 nitrogen and oxygen atoms in total. The average molecular weight is 410 g/mol. The molecule has 0 saturated heterocycles. The molecule has 1 heterocycles. The lowest BCUT2D eigenvalue weighted by molar-refractivity contribution is 0.580. The Morgan fingerprint density at radius 3 is 2.46 bits per heavy atom. The van der Waals surface area contributed by atoms with Gasteiger partial charge in [-0.15, -0.1) is 0 Å². The van der Waals surface area contributed by atoms with Crippen LogP contribution in [-0.4, -0.2) is 20.4 Å². The van der Waals surface area contributed by atoms with Crippen LogP contribution in [0.4, 0.5) is 29.2 Å². The van der Waals surface area contributed by atoms with Crippen LogP contribution in [0.5, 0.6) is 0 Å². The molecule has 3 rings (SSSR count). The van der Waals surface area contributed by atoms with E-state index in [1.807, 2.05) is 0 Å². The number of rotatable bonds is 5. The van der Waals surface area contributed by atoms with E-state index in [4.69, 9.17) is 4.78 Å². The van der Waals surface area contributed by atoms with Crippen LogP contribution in [0.2, 0.25) is 0 Å². The number of nitrogens with one attached hydrogen (secondary N) is 2. The molecule has 2 N–H and O–H groups in total. The first-order valence-corrected chi connectivity index (χ1v) is 10.0. The second kappa shape index (κ2) is 7.55. The van der Waals surface area contributed by atoms with Gasteiger partial charge >= 0.3 is 0 Å². The van der Waals surface area contributed by atoms with Crippen molar-refractivity contribution < 1.29 is 21.8 Å². The molecule has 0 amide bonds. The minimum atomic E-state index is -2.89. The highest BCUT2D eigenvalue weighted by atomic mass is 32.2. The molecule has 2 aromatic carbocycles. The molecule has 3 aromatic rings. The zero-order chi connectivity index (χ0) is 20.5. The Morgan fingerprint density at radius 2 is 1.79 bits per heavy atom. The first kappa shape index (κ1) is 19.7. The highest BCUT2D eigenvalue weighted by Gasteiger charge is 2.15. The Kier molecular flexibility index (Phi) is 5.32. The number of nitrogens with zero attached hydrogens (tertiary/aromatic N) is 2. The fourth-order valence-electron chi connectivity index (χ4n) is 2.55. The first-order valence-electron chi connectivity index (χ1n) is 7.86. The minimum absolute atomic E-state index is 0.153. The molecular weight excluding hydrogens is 396 g/mol. The van der Waals surface area contributed by atoms with E-state index >= 15 is 0 Å². The van der Waals surface area contributed by atoms with Gasteiger partial charge in [-0.1, -0.05) is 0 Å². The lowest BCUT2D eigenvalue weighted by atomic mass is 10.1. The van der Waals surface area contributed by atoms with E-state index in [1.165, 1.54) is 12.3 Å². The summed E-state index contributed by atoms with van der Waals surface area (Å²) in [7, 11) is -2.89. The largest absolute Gasteiger partial charge is 0.324 e. The van der Waals surface area contributed by atoms with Crippen LogP contribution in [-0.2, 0) is 15.5 Å². The van der Waals surface area contributed by atoms with E-state index in [0.717, 1.165) is 30.5 Å². The van der Waals surface area contributed by atoms with Gasteiger partial charge in [0.05, 0.1) is 11.9 Å². The van der Waals surface area contributed by atoms with E-state index < -0.39 is 38.7 Å². The summed E-state index contributed by atoms with van der Waals surface area (Å²) in [5.41, 5.74) is -0.161. The Morgan fingerprint density at radius 1 is 1.04 bits per heavy atom. The van der Waals surface area contributed by atoms with Crippen molar-refractivity contribution in [3.05, 3.63) is 71.4 Å². The lowest BCUT2D eigenvalue weighted by Gasteiger charge is -2.10. The summed E-state index contributed by atoms with van der Waals surface area (Å²) in [4.78, 5) is 7.62. The zero-order valence-corrected chi connectivity index (χ0v) is 15.3. The van der Waals surface area contributed by atoms with Gasteiger partial charge in [0.1, 0.15) is 23.1 Å². The molecule has 1 aromatic heterocycles. The maximum atomic E-state index is 14.1. The van der Waals surface area contributed by atoms with E-state index in [-0.39, 0.29) is 23.0 Å². The summed E-state index contributed by atoms with van der Waals surface area (Å²) in [6.07, 6.45) is 2.04. The molecule has 0 radical (unpaired) electrons. The fourth-order valence-corrected chi connectivity index (χ4v) is 3.35. The van der Waals surface area contributed by atoms with E-state index in [9.17, 15) is 21.8 Å². The van der Waals surface area contributed by atoms with Gasteiger partial charge in [-0.2, -0.15) is 0 Å². The summed E-state index contributed by atoms with van der Waals surface area (Å²) in [5.74, 6) is -3.69. The number of hydrogen-bond acceptors (Lipinski definition) is 5. The van der Waals surface area contributed by atoms with E-state index in [2.05, 4.69) is 15.3 Å². The molecule has 146 valence electrons. The van der Waals surface area contributed by atoms with Crippen LogP contribution >= 0.6 is 0 Å². The third-order valence-corrected chi connectivity index (χ3v) is 4.47. The van der Waals surface area contributed by atoms with Gasteiger partial charge in [0.15, 0.2) is 5.82 Å². The average Bonchev–Trinajstić information content (AvgIpc) is 2.55. The normalized spacial score (nSPS) is 13.2. The number of halogens is 4. The van der Waals surface area contributed by atoms with Crippen molar-refractivity contribution in [3.63, 3.8) is 0 Å². The third-order valence-electron chi connectivity index (χ3n) is 3.59. The quantitative estimate of drug-likeness (QED) is 0.602. The standard InChI is InChI=1S/C18H14F4N4OS/c1-28(23,27)9-10-4-12(20)6-13(5-10)25-18-24-8-16(22)17(26-18)14-3-2-11(19)7-15(14)21/h2-8,23H,9H2,1H3,(H,24,25,26). The molecule has 0 saturated carbocycles. The monoisotopic (exact) mass is 410 g/mol. The van der Waals surface area contributed by atoms with Crippen molar-refractivity contribution in [1.82, 2.24) is 9.97 Å². The van der Waals surface area contributed by atoms with Crippen LogP contribution in [0.25, 0.3) is 11.3 Å². The summed E-state index contributed by atoms with van der Waals surface area (Å²) >= 11 is 0. The molecule has 0 bridgehead atoms. The Hall–Kier alpha value is -3.01. The number of anilines is 2. The summed E-state index contributed by atoms with van der Waals surface area (Å²) in [6.45, 7) is 0. The highest BCUT2D eigenvalue weighted by molar-refractivity contribution is 7.90. The van der Waals surface area contributed by atoms with E-state index in [1.54, 1.807) is 0 Å². The predicted molar refractivity (Wildman–Crippen MR) is 97.5 cm³/mol. The molecule has 10 heteroatoms. The summed E-state index contributed by atoms with van der Waals surface area (Å²) in [5, 5.41) is 2.66. The second-order valence-electron chi connectivity index (χ2n) is 6.14. The molecule has 1 unspecified atom stereocenters. The lowest BCUT2D eigenvalue weighted by Crippen LogP contribution is -2.04. The molecule has 0 fully saturated rings. The van der Waals surface area contributed by atoms with Crippen LogP contribution in [0.1, 0.15) is 5.56 Å². The van der Waals surface area contributed by atoms with Gasteiger partial charge in [-0.3, -0.25) is 4.78 Å². The number of benzene rings is 2. The molecule has 0 aliphatic rings. The van der Waals surface area contributed by atoms with Gasteiger partial charge in [0, 0.05) is 33.3 Å². The van der Waals surface area contributed by atoms with Gasteiger partial charge in [0.2, 0.25) is 5.95 Å². The van der Waals surface area contributed by atoms with Gasteiger partial charge in [0.25, 0.3) is 0 Å². The second-order valence-corrected chi connectivity index (χ2v) is 8.44. The van der Waals surface area contributed by atoms with E-state index in [0.29, 0.717) is 11.6 Å². The SMILES string of the molecule is CS(=N)(=O)Cc1cc(F)cc(Nc2ncc(F)c(-c3ccc(F)cc3F)n2)c1. The van der Waals surface area contributed by atoms with Crippen molar-refractivity contribution >= 4 is 21.4 Å². The molecule has 0 spiro atoms. The predicted octanol–water partition coefficient (Wildman–Crippen LogP) is 4.62. The molecule has 0 aliphatic carbocycles. The zero-order valence-electron chi connectivity index (χ0n) is 14.5. The summed E-state index contributed by atoms with van der Waals surface area (Å²) in [6, 6.07) is 6.32. The minimum Gasteiger partial charge on any atom is -0.324 e. The molecular formula is C18H14F4N4OS. The topological polar surface area (TPSA) is 78.7 Å². The van der Waals surface area contributed by atoms with Gasteiger partial charge in [-0.05, 0) is 35.9 Å². The molecule has 0 aliphatic heterocycles. The fraction of sp³-hybridized carbons (Fsp3) is 0.111. The van der Waals surface area contributed by atoms with Gasteiger partial charge < -0.3 is 5.32 Å². The molecule has 1 atom stereocenters. The van der Waals surface area contributed by atoms with Crippen LogP contribution in [0, 0.1) is 28.0 Å². The number of aromatic nitrogens is 2. The van der Waals surface area contributed by atoms with Crippen molar-refractivity contribution in [2.75, 3.05) is 11.6 Å². The maximum absolute atomic E-state index is 14.1. The maximum Gasteiger partial charge on any atom is 0.227 e. The van der Waals surface area contributed by atoms with Crippen molar-refractivity contribution in [2.24, 2.45) is 0 Å². The van der Waals surface area contributed by atoms with Crippen molar-refractivity contribution in [1.29, 1.82) is 4.78 Å². The highest BCUT2D eigenvalue weighted by Crippen LogP contribution is 2.26. The summed E-state index contributed by atoms with van der Waals surface area (Å²) < 4.78 is 74.0. The number of hydrogen-bond donors (Lipinski definition) is 2. The molecule has 28 heavy (non-hydrogen) atoms. The smallest absolute Gasteiger partial charge is 0.227 e.